The number of rotatable bonds is 5. The quantitative estimate of drug-likeness (QED) is 0.481. The summed E-state index contributed by atoms with van der Waals surface area (Å²) in [6.07, 6.45) is 1.57. The van der Waals surface area contributed by atoms with E-state index < -0.39 is 6.03 Å². The number of amides is 2. The average Bonchev–Trinajstić information content (AvgIpc) is 2.57. The van der Waals surface area contributed by atoms with Crippen LogP contribution in [0.2, 0.25) is 5.02 Å². The second-order valence-electron chi connectivity index (χ2n) is 6.69. The Balaban J connectivity index is 2.09. The zero-order valence-corrected chi connectivity index (χ0v) is 16.1. The van der Waals surface area contributed by atoms with Crippen LogP contribution in [0.15, 0.2) is 41.5 Å². The average molecular weight is 374 g/mol. The van der Waals surface area contributed by atoms with Gasteiger partial charge in [0.15, 0.2) is 0 Å². The number of hydrazone groups is 1. The van der Waals surface area contributed by atoms with Crippen molar-refractivity contribution in [1.82, 2.24) is 5.43 Å². The number of carbonyl (C=O) groups is 1. The first kappa shape index (κ1) is 19.8. The molecule has 0 bridgehead atoms. The Morgan fingerprint density at radius 1 is 1.08 bits per heavy atom. The van der Waals surface area contributed by atoms with Crippen molar-refractivity contribution in [1.29, 1.82) is 0 Å². The molecule has 0 aliphatic heterocycles. The van der Waals surface area contributed by atoms with Crippen molar-refractivity contribution in [2.24, 2.45) is 5.10 Å². The lowest BCUT2D eigenvalue weighted by Crippen LogP contribution is -2.24. The lowest BCUT2D eigenvalue weighted by Gasteiger charge is -2.16. The molecule has 138 valence electrons. The first-order valence-corrected chi connectivity index (χ1v) is 8.88. The number of phenolic OH excluding ortho intramolecular Hbond substituents is 1. The minimum Gasteiger partial charge on any atom is -0.507 e. The fourth-order valence-corrected chi connectivity index (χ4v) is 2.64. The van der Waals surface area contributed by atoms with Crippen molar-refractivity contribution in [2.45, 2.75) is 39.5 Å². The molecule has 0 aliphatic rings. The zero-order valence-electron chi connectivity index (χ0n) is 15.4. The van der Waals surface area contributed by atoms with E-state index in [2.05, 4.69) is 15.8 Å². The molecule has 5 nitrogen and oxygen atoms in total. The molecular formula is C20H24ClN3O2. The molecule has 3 N–H and O–H groups in total. The third-order valence-electron chi connectivity index (χ3n) is 3.92. The molecule has 0 fully saturated rings. The van der Waals surface area contributed by atoms with E-state index in [4.69, 9.17) is 11.6 Å². The van der Waals surface area contributed by atoms with Gasteiger partial charge in [-0.25, -0.2) is 10.2 Å². The third-order valence-corrected chi connectivity index (χ3v) is 4.17. The highest BCUT2D eigenvalue weighted by molar-refractivity contribution is 6.30. The van der Waals surface area contributed by atoms with Crippen LogP contribution < -0.4 is 10.7 Å². The maximum absolute atomic E-state index is 11.9. The maximum atomic E-state index is 11.9. The number of phenols is 1. The van der Waals surface area contributed by atoms with E-state index in [1.165, 1.54) is 0 Å². The van der Waals surface area contributed by atoms with Crippen molar-refractivity contribution < 1.29 is 9.90 Å². The molecule has 2 aromatic carbocycles. The van der Waals surface area contributed by atoms with E-state index in [-0.39, 0.29) is 11.8 Å². The second-order valence-corrected chi connectivity index (χ2v) is 7.12. The van der Waals surface area contributed by atoms with Gasteiger partial charge in [-0.2, -0.15) is 5.10 Å². The molecule has 26 heavy (non-hydrogen) atoms. The molecule has 2 amide bonds. The van der Waals surface area contributed by atoms with Crippen LogP contribution in [0.5, 0.6) is 5.75 Å². The van der Waals surface area contributed by atoms with Gasteiger partial charge in [0.25, 0.3) is 0 Å². The highest BCUT2D eigenvalue weighted by Crippen LogP contribution is 2.34. The van der Waals surface area contributed by atoms with Crippen LogP contribution in [0.25, 0.3) is 0 Å². The normalized spacial score (nSPS) is 11.3. The molecule has 2 aromatic rings. The maximum Gasteiger partial charge on any atom is 0.339 e. The highest BCUT2D eigenvalue weighted by Gasteiger charge is 2.14. The molecule has 0 aliphatic carbocycles. The molecule has 0 unspecified atom stereocenters. The molecule has 6 heteroatoms. The van der Waals surface area contributed by atoms with E-state index in [1.807, 2.05) is 39.8 Å². The Labute approximate surface area is 159 Å². The van der Waals surface area contributed by atoms with Crippen molar-refractivity contribution in [3.8, 4) is 5.75 Å². The highest BCUT2D eigenvalue weighted by atomic mass is 35.5. The Bertz CT molecular complexity index is 770. The van der Waals surface area contributed by atoms with Crippen LogP contribution in [0, 0.1) is 0 Å². The Hall–Kier alpha value is -2.53. The third kappa shape index (κ3) is 5.23. The number of carbonyl (C=O) groups excluding carboxylic acids is 1. The van der Waals surface area contributed by atoms with Gasteiger partial charge >= 0.3 is 6.03 Å². The SMILES string of the molecule is CC(C)c1cc(/C=N\NC(=O)Nc2ccc(Cl)cc2)cc(C(C)C)c1O. The number of aromatic hydroxyl groups is 1. The van der Waals surface area contributed by atoms with Gasteiger partial charge in [-0.05, 0) is 64.9 Å². The summed E-state index contributed by atoms with van der Waals surface area (Å²) in [6, 6.07) is 10.1. The summed E-state index contributed by atoms with van der Waals surface area (Å²) in [5.74, 6) is 0.699. The smallest absolute Gasteiger partial charge is 0.339 e. The first-order chi connectivity index (χ1) is 12.3. The Morgan fingerprint density at radius 3 is 2.12 bits per heavy atom. The van der Waals surface area contributed by atoms with E-state index >= 15 is 0 Å². The molecule has 0 aromatic heterocycles. The predicted molar refractivity (Wildman–Crippen MR) is 107 cm³/mol. The molecule has 0 radical (unpaired) electrons. The Morgan fingerprint density at radius 2 is 1.62 bits per heavy atom. The van der Waals surface area contributed by atoms with Crippen molar-refractivity contribution in [3.63, 3.8) is 0 Å². The number of benzene rings is 2. The van der Waals surface area contributed by atoms with Gasteiger partial charge in [0.2, 0.25) is 0 Å². The van der Waals surface area contributed by atoms with Gasteiger partial charge in [-0.15, -0.1) is 0 Å². The fraction of sp³-hybridized carbons (Fsp3) is 0.300. The van der Waals surface area contributed by atoms with Crippen LogP contribution >= 0.6 is 11.6 Å². The van der Waals surface area contributed by atoms with Crippen molar-refractivity contribution >= 4 is 29.5 Å². The molecule has 0 saturated heterocycles. The van der Waals surface area contributed by atoms with Gasteiger partial charge < -0.3 is 10.4 Å². The van der Waals surface area contributed by atoms with Crippen molar-refractivity contribution in [2.75, 3.05) is 5.32 Å². The van der Waals surface area contributed by atoms with E-state index in [0.29, 0.717) is 16.5 Å². The molecule has 0 heterocycles. The summed E-state index contributed by atoms with van der Waals surface area (Å²) >= 11 is 5.81. The lowest BCUT2D eigenvalue weighted by molar-refractivity contribution is 0.252. The fourth-order valence-electron chi connectivity index (χ4n) is 2.52. The molecule has 0 spiro atoms. The summed E-state index contributed by atoms with van der Waals surface area (Å²) in [7, 11) is 0. The predicted octanol–water partition coefficient (Wildman–Crippen LogP) is 5.45. The molecule has 0 saturated carbocycles. The zero-order chi connectivity index (χ0) is 19.3. The molecule has 2 rings (SSSR count). The molecule has 0 atom stereocenters. The summed E-state index contributed by atoms with van der Waals surface area (Å²) in [5.41, 5.74) is 5.60. The number of urea groups is 1. The lowest BCUT2D eigenvalue weighted by atomic mass is 9.92. The minimum absolute atomic E-state index is 0.182. The van der Waals surface area contributed by atoms with Gasteiger partial charge in [-0.3, -0.25) is 0 Å². The van der Waals surface area contributed by atoms with Gasteiger partial charge in [-0.1, -0.05) is 39.3 Å². The monoisotopic (exact) mass is 373 g/mol. The largest absolute Gasteiger partial charge is 0.507 e. The summed E-state index contributed by atoms with van der Waals surface area (Å²) in [5, 5.41) is 17.7. The standard InChI is InChI=1S/C20H24ClN3O2/c1-12(2)17-9-14(10-18(13(3)4)19(17)25)11-22-24-20(26)23-16-7-5-15(21)6-8-16/h5-13,25H,1-4H3,(H2,23,24,26)/b22-11-. The second kappa shape index (κ2) is 8.72. The summed E-state index contributed by atoms with van der Waals surface area (Å²) in [6.45, 7) is 8.10. The van der Waals surface area contributed by atoms with Crippen LogP contribution in [-0.4, -0.2) is 17.4 Å². The Kier molecular flexibility index (Phi) is 6.64. The number of halogens is 1. The topological polar surface area (TPSA) is 73.7 Å². The van der Waals surface area contributed by atoms with Crippen LogP contribution in [0.1, 0.15) is 56.2 Å². The molecular weight excluding hydrogens is 350 g/mol. The van der Waals surface area contributed by atoms with Crippen LogP contribution in [-0.2, 0) is 0 Å². The number of anilines is 1. The van der Waals surface area contributed by atoms with Gasteiger partial charge in [0.1, 0.15) is 5.75 Å². The number of hydrogen-bond donors (Lipinski definition) is 3. The number of hydrogen-bond acceptors (Lipinski definition) is 3. The van der Waals surface area contributed by atoms with E-state index in [9.17, 15) is 9.90 Å². The summed E-state index contributed by atoms with van der Waals surface area (Å²) < 4.78 is 0. The van der Waals surface area contributed by atoms with Gasteiger partial charge in [0, 0.05) is 10.7 Å². The van der Waals surface area contributed by atoms with Gasteiger partial charge in [0.05, 0.1) is 6.21 Å². The number of nitrogens with zero attached hydrogens (tertiary/aromatic N) is 1. The number of nitrogens with one attached hydrogen (secondary N) is 2. The summed E-state index contributed by atoms with van der Waals surface area (Å²) in [4.78, 5) is 11.9. The minimum atomic E-state index is -0.449. The van der Waals surface area contributed by atoms with E-state index in [1.54, 1.807) is 30.5 Å². The van der Waals surface area contributed by atoms with Crippen LogP contribution in [0.3, 0.4) is 0 Å². The van der Waals surface area contributed by atoms with Crippen LogP contribution in [0.4, 0.5) is 10.5 Å². The van der Waals surface area contributed by atoms with Crippen molar-refractivity contribution in [3.05, 3.63) is 58.1 Å². The van der Waals surface area contributed by atoms with E-state index in [0.717, 1.165) is 16.7 Å². The first-order valence-electron chi connectivity index (χ1n) is 8.50.